The standard InChI is InChI=1S/C18H30O/c1-14(2)18-16-12-10-8-6-4-3-5-7-9-11-15(16)13-17(18)19/h13-14,16,18H,3-12H2,1-2H3. The number of carbonyl (C=O) groups is 1. The zero-order valence-corrected chi connectivity index (χ0v) is 12.8. The van der Waals surface area contributed by atoms with Crippen LogP contribution in [0.4, 0.5) is 0 Å². The Morgan fingerprint density at radius 3 is 2.16 bits per heavy atom. The van der Waals surface area contributed by atoms with Crippen LogP contribution in [-0.2, 0) is 4.79 Å². The zero-order valence-electron chi connectivity index (χ0n) is 12.8. The maximum Gasteiger partial charge on any atom is 0.159 e. The minimum absolute atomic E-state index is 0.290. The molecule has 1 nitrogen and oxygen atoms in total. The van der Waals surface area contributed by atoms with E-state index in [9.17, 15) is 4.79 Å². The summed E-state index contributed by atoms with van der Waals surface area (Å²) in [5.74, 6) is 1.79. The van der Waals surface area contributed by atoms with Crippen LogP contribution in [0.5, 0.6) is 0 Å². The van der Waals surface area contributed by atoms with Crippen molar-refractivity contribution in [3.05, 3.63) is 11.6 Å². The number of hydrogen-bond acceptors (Lipinski definition) is 1. The quantitative estimate of drug-likeness (QED) is 0.627. The topological polar surface area (TPSA) is 17.1 Å². The molecule has 2 atom stereocenters. The molecule has 0 spiro atoms. The van der Waals surface area contributed by atoms with Gasteiger partial charge in [-0.3, -0.25) is 4.79 Å². The molecule has 1 saturated carbocycles. The molecule has 2 aliphatic rings. The van der Waals surface area contributed by atoms with Crippen molar-refractivity contribution in [2.24, 2.45) is 17.8 Å². The van der Waals surface area contributed by atoms with Gasteiger partial charge in [0.2, 0.25) is 0 Å². The molecule has 108 valence electrons. The molecule has 2 aliphatic carbocycles. The van der Waals surface area contributed by atoms with Crippen molar-refractivity contribution >= 4 is 5.78 Å². The summed E-state index contributed by atoms with van der Waals surface area (Å²) in [4.78, 5) is 12.2. The summed E-state index contributed by atoms with van der Waals surface area (Å²) < 4.78 is 0. The van der Waals surface area contributed by atoms with Crippen molar-refractivity contribution in [3.63, 3.8) is 0 Å². The molecule has 0 amide bonds. The fourth-order valence-electron chi connectivity index (χ4n) is 3.98. The second-order valence-electron chi connectivity index (χ2n) is 6.87. The van der Waals surface area contributed by atoms with E-state index < -0.39 is 0 Å². The molecule has 0 heterocycles. The van der Waals surface area contributed by atoms with Crippen LogP contribution in [0.1, 0.15) is 78.1 Å². The Hall–Kier alpha value is -0.590. The van der Waals surface area contributed by atoms with Gasteiger partial charge < -0.3 is 0 Å². The lowest BCUT2D eigenvalue weighted by Crippen LogP contribution is -2.23. The first-order valence-corrected chi connectivity index (χ1v) is 8.44. The number of hydrogen-bond donors (Lipinski definition) is 0. The third-order valence-corrected chi connectivity index (χ3v) is 5.01. The van der Waals surface area contributed by atoms with Crippen LogP contribution >= 0.6 is 0 Å². The van der Waals surface area contributed by atoms with E-state index in [4.69, 9.17) is 0 Å². The SMILES string of the molecule is CC(C)C1C(=O)C=C2CCCCCCCCCCC21. The van der Waals surface area contributed by atoms with Gasteiger partial charge in [0.25, 0.3) is 0 Å². The van der Waals surface area contributed by atoms with Crippen LogP contribution < -0.4 is 0 Å². The van der Waals surface area contributed by atoms with Crippen LogP contribution in [0, 0.1) is 17.8 Å². The number of ketones is 1. The highest BCUT2D eigenvalue weighted by molar-refractivity contribution is 5.95. The Bertz CT molecular complexity index is 327. The van der Waals surface area contributed by atoms with Gasteiger partial charge in [-0.2, -0.15) is 0 Å². The summed E-state index contributed by atoms with van der Waals surface area (Å²) in [6, 6.07) is 0. The fourth-order valence-corrected chi connectivity index (χ4v) is 3.98. The average Bonchev–Trinajstić information content (AvgIpc) is 2.65. The molecule has 0 aromatic carbocycles. The maximum absolute atomic E-state index is 12.2. The van der Waals surface area contributed by atoms with E-state index in [1.165, 1.54) is 69.8 Å². The predicted octanol–water partition coefficient (Wildman–Crippen LogP) is 5.30. The zero-order chi connectivity index (χ0) is 13.7. The van der Waals surface area contributed by atoms with Crippen molar-refractivity contribution in [1.29, 1.82) is 0 Å². The lowest BCUT2D eigenvalue weighted by atomic mass is 9.78. The summed E-state index contributed by atoms with van der Waals surface area (Å²) in [6.45, 7) is 4.44. The normalized spacial score (nSPS) is 30.5. The third kappa shape index (κ3) is 3.94. The molecule has 1 fully saturated rings. The van der Waals surface area contributed by atoms with E-state index >= 15 is 0 Å². The van der Waals surface area contributed by atoms with Crippen molar-refractivity contribution in [2.45, 2.75) is 78.1 Å². The summed E-state index contributed by atoms with van der Waals surface area (Å²) in [7, 11) is 0. The Morgan fingerprint density at radius 1 is 0.947 bits per heavy atom. The van der Waals surface area contributed by atoms with Gasteiger partial charge in [-0.25, -0.2) is 0 Å². The summed E-state index contributed by atoms with van der Waals surface area (Å²) >= 11 is 0. The second-order valence-corrected chi connectivity index (χ2v) is 6.87. The van der Waals surface area contributed by atoms with Crippen LogP contribution in [0.15, 0.2) is 11.6 Å². The van der Waals surface area contributed by atoms with Crippen LogP contribution in [0.2, 0.25) is 0 Å². The first kappa shape index (κ1) is 14.8. The summed E-state index contributed by atoms with van der Waals surface area (Å²) in [6.07, 6.45) is 15.4. The van der Waals surface area contributed by atoms with Crippen LogP contribution in [0.3, 0.4) is 0 Å². The van der Waals surface area contributed by atoms with E-state index in [0.717, 1.165) is 0 Å². The highest BCUT2D eigenvalue weighted by Crippen LogP contribution is 2.40. The Balaban J connectivity index is 2.03. The van der Waals surface area contributed by atoms with Crippen molar-refractivity contribution in [1.82, 2.24) is 0 Å². The third-order valence-electron chi connectivity index (χ3n) is 5.01. The van der Waals surface area contributed by atoms with Gasteiger partial charge in [0.1, 0.15) is 0 Å². The minimum Gasteiger partial charge on any atom is -0.295 e. The smallest absolute Gasteiger partial charge is 0.159 e. The van der Waals surface area contributed by atoms with Crippen molar-refractivity contribution < 1.29 is 4.79 Å². The molecule has 0 aromatic heterocycles. The van der Waals surface area contributed by atoms with Gasteiger partial charge in [-0.1, -0.05) is 64.4 Å². The molecule has 0 N–H and O–H groups in total. The largest absolute Gasteiger partial charge is 0.295 e. The van der Waals surface area contributed by atoms with Gasteiger partial charge >= 0.3 is 0 Å². The van der Waals surface area contributed by atoms with Crippen molar-refractivity contribution in [2.75, 3.05) is 0 Å². The minimum atomic E-state index is 0.290. The number of rotatable bonds is 1. The van der Waals surface area contributed by atoms with E-state index in [1.807, 2.05) is 6.08 Å². The molecular weight excluding hydrogens is 232 g/mol. The van der Waals surface area contributed by atoms with Crippen LogP contribution in [-0.4, -0.2) is 5.78 Å². The lowest BCUT2D eigenvalue weighted by molar-refractivity contribution is -0.119. The van der Waals surface area contributed by atoms with Crippen LogP contribution in [0.25, 0.3) is 0 Å². The highest BCUT2D eigenvalue weighted by atomic mass is 16.1. The highest BCUT2D eigenvalue weighted by Gasteiger charge is 2.36. The lowest BCUT2D eigenvalue weighted by Gasteiger charge is -2.25. The molecule has 2 unspecified atom stereocenters. The average molecular weight is 262 g/mol. The number of fused-ring (bicyclic) bond motifs is 1. The summed E-state index contributed by atoms with van der Waals surface area (Å²) in [5.41, 5.74) is 1.49. The van der Waals surface area contributed by atoms with E-state index in [1.54, 1.807) is 0 Å². The maximum atomic E-state index is 12.2. The molecule has 0 bridgehead atoms. The van der Waals surface area contributed by atoms with E-state index in [-0.39, 0.29) is 5.92 Å². The molecule has 0 radical (unpaired) electrons. The molecule has 2 rings (SSSR count). The summed E-state index contributed by atoms with van der Waals surface area (Å²) in [5, 5.41) is 0. The first-order valence-electron chi connectivity index (χ1n) is 8.44. The van der Waals surface area contributed by atoms with E-state index in [0.29, 0.717) is 17.6 Å². The Morgan fingerprint density at radius 2 is 1.53 bits per heavy atom. The molecule has 19 heavy (non-hydrogen) atoms. The van der Waals surface area contributed by atoms with Gasteiger partial charge in [0.15, 0.2) is 5.78 Å². The van der Waals surface area contributed by atoms with Gasteiger partial charge in [0.05, 0.1) is 0 Å². The number of allylic oxidation sites excluding steroid dienone is 2. The van der Waals surface area contributed by atoms with E-state index in [2.05, 4.69) is 13.8 Å². The second kappa shape index (κ2) is 7.26. The van der Waals surface area contributed by atoms with Gasteiger partial charge in [0, 0.05) is 5.92 Å². The monoisotopic (exact) mass is 262 g/mol. The Kier molecular flexibility index (Phi) is 5.66. The molecule has 0 aliphatic heterocycles. The predicted molar refractivity (Wildman–Crippen MR) is 81.1 cm³/mol. The van der Waals surface area contributed by atoms with Gasteiger partial charge in [-0.05, 0) is 37.2 Å². The van der Waals surface area contributed by atoms with Gasteiger partial charge in [-0.15, -0.1) is 0 Å². The Labute approximate surface area is 118 Å². The molecule has 1 heteroatoms. The molecular formula is C18H30O. The molecule has 0 saturated heterocycles. The molecule has 0 aromatic rings. The number of carbonyl (C=O) groups excluding carboxylic acids is 1. The first-order chi connectivity index (χ1) is 9.20. The van der Waals surface area contributed by atoms with Crippen molar-refractivity contribution in [3.8, 4) is 0 Å². The fraction of sp³-hybridized carbons (Fsp3) is 0.833.